The van der Waals surface area contributed by atoms with E-state index in [9.17, 15) is 4.79 Å². The van der Waals surface area contributed by atoms with Gasteiger partial charge in [0.15, 0.2) is 5.96 Å². The second-order valence-corrected chi connectivity index (χ2v) is 5.75. The zero-order valence-electron chi connectivity index (χ0n) is 14.8. The van der Waals surface area contributed by atoms with Gasteiger partial charge in [0.2, 0.25) is 5.91 Å². The highest BCUT2D eigenvalue weighted by Crippen LogP contribution is 2.13. The highest BCUT2D eigenvalue weighted by molar-refractivity contribution is 5.94. The average molecular weight is 340 g/mol. The van der Waals surface area contributed by atoms with Crippen molar-refractivity contribution in [3.8, 4) is 5.75 Å². The Morgan fingerprint density at radius 1 is 1.12 bits per heavy atom. The third-order valence-corrected chi connectivity index (χ3v) is 3.82. The molecule has 4 N–H and O–H groups in total. The summed E-state index contributed by atoms with van der Waals surface area (Å²) in [7, 11) is 1.62. The number of guanidine groups is 1. The number of amides is 1. The maximum absolute atomic E-state index is 11.9. The Bertz CT molecular complexity index is 755. The van der Waals surface area contributed by atoms with Crippen molar-refractivity contribution in [2.75, 3.05) is 19.0 Å². The molecule has 0 aromatic heterocycles. The second kappa shape index (κ2) is 8.73. The van der Waals surface area contributed by atoms with E-state index in [4.69, 9.17) is 10.5 Å². The highest BCUT2D eigenvalue weighted by Gasteiger charge is 2.02. The van der Waals surface area contributed by atoms with Crippen LogP contribution in [0, 0.1) is 13.8 Å². The first-order valence-electron chi connectivity index (χ1n) is 8.02. The van der Waals surface area contributed by atoms with Crippen LogP contribution >= 0.6 is 0 Å². The van der Waals surface area contributed by atoms with Crippen LogP contribution in [0.15, 0.2) is 47.5 Å². The zero-order valence-corrected chi connectivity index (χ0v) is 14.8. The van der Waals surface area contributed by atoms with Crippen LogP contribution in [0.3, 0.4) is 0 Å². The summed E-state index contributed by atoms with van der Waals surface area (Å²) in [5.41, 5.74) is 10.0. The fraction of sp³-hybridized carbons (Fsp3) is 0.263. The van der Waals surface area contributed by atoms with Gasteiger partial charge in [0.05, 0.1) is 7.11 Å². The van der Waals surface area contributed by atoms with Crippen molar-refractivity contribution >= 4 is 17.6 Å². The second-order valence-electron chi connectivity index (χ2n) is 5.75. The van der Waals surface area contributed by atoms with Gasteiger partial charge in [-0.15, -0.1) is 0 Å². The number of rotatable bonds is 6. The molecule has 0 atom stereocenters. The van der Waals surface area contributed by atoms with Gasteiger partial charge in [-0.25, -0.2) is 4.99 Å². The van der Waals surface area contributed by atoms with E-state index in [1.54, 1.807) is 7.11 Å². The Hall–Kier alpha value is -3.02. The van der Waals surface area contributed by atoms with E-state index >= 15 is 0 Å². The monoisotopic (exact) mass is 340 g/mol. The quantitative estimate of drug-likeness (QED) is 0.556. The van der Waals surface area contributed by atoms with Crippen LogP contribution in [0.2, 0.25) is 0 Å². The standard InChI is InChI=1S/C19H24N4O2/c1-13-4-7-16(10-14(13)2)23-19(20)22-12-18(24)21-11-15-5-8-17(25-3)9-6-15/h4-10H,11-12H2,1-3H3,(H,21,24)(H3,20,22,23). The molecule has 0 heterocycles. The predicted octanol–water partition coefficient (Wildman–Crippen LogP) is 2.36. The first kappa shape index (κ1) is 18.3. The SMILES string of the molecule is COc1ccc(CNC(=O)CN=C(N)Nc2ccc(C)c(C)c2)cc1. The van der Waals surface area contributed by atoms with Crippen molar-refractivity contribution in [1.29, 1.82) is 0 Å². The number of carbonyl (C=O) groups excluding carboxylic acids is 1. The van der Waals surface area contributed by atoms with Gasteiger partial charge in [-0.05, 0) is 54.8 Å². The molecule has 2 rings (SSSR count). The Morgan fingerprint density at radius 3 is 2.48 bits per heavy atom. The number of methoxy groups -OCH3 is 1. The van der Waals surface area contributed by atoms with Crippen LogP contribution in [0.25, 0.3) is 0 Å². The first-order valence-corrected chi connectivity index (χ1v) is 8.02. The smallest absolute Gasteiger partial charge is 0.242 e. The summed E-state index contributed by atoms with van der Waals surface area (Å²) in [6, 6.07) is 13.4. The molecule has 0 aliphatic rings. The maximum atomic E-state index is 11.9. The lowest BCUT2D eigenvalue weighted by Crippen LogP contribution is -2.28. The van der Waals surface area contributed by atoms with Crippen LogP contribution in [-0.2, 0) is 11.3 Å². The lowest BCUT2D eigenvalue weighted by Gasteiger charge is -2.08. The predicted molar refractivity (Wildman–Crippen MR) is 101 cm³/mol. The molecule has 132 valence electrons. The van der Waals surface area contributed by atoms with Gasteiger partial charge in [-0.2, -0.15) is 0 Å². The molecule has 6 heteroatoms. The largest absolute Gasteiger partial charge is 0.497 e. The number of nitrogens with two attached hydrogens (primary N) is 1. The lowest BCUT2D eigenvalue weighted by atomic mass is 10.1. The number of anilines is 1. The highest BCUT2D eigenvalue weighted by atomic mass is 16.5. The molecule has 0 aliphatic carbocycles. The van der Waals surface area contributed by atoms with Crippen molar-refractivity contribution in [3.05, 3.63) is 59.2 Å². The van der Waals surface area contributed by atoms with Gasteiger partial charge in [0, 0.05) is 12.2 Å². The summed E-state index contributed by atoms with van der Waals surface area (Å²) in [5.74, 6) is 0.799. The minimum absolute atomic E-state index is 0.0279. The fourth-order valence-corrected chi connectivity index (χ4v) is 2.16. The first-order chi connectivity index (χ1) is 12.0. The molecule has 0 radical (unpaired) electrons. The summed E-state index contributed by atoms with van der Waals surface area (Å²) in [5, 5.41) is 5.79. The molecule has 1 amide bonds. The lowest BCUT2D eigenvalue weighted by molar-refractivity contribution is -0.119. The minimum Gasteiger partial charge on any atom is -0.497 e. The number of benzene rings is 2. The Balaban J connectivity index is 1.80. The fourth-order valence-electron chi connectivity index (χ4n) is 2.16. The van der Waals surface area contributed by atoms with Gasteiger partial charge in [0.25, 0.3) is 0 Å². The maximum Gasteiger partial charge on any atom is 0.242 e. The molecule has 0 spiro atoms. The third-order valence-electron chi connectivity index (χ3n) is 3.82. The summed E-state index contributed by atoms with van der Waals surface area (Å²) < 4.78 is 5.10. The zero-order chi connectivity index (χ0) is 18.2. The van der Waals surface area contributed by atoms with E-state index < -0.39 is 0 Å². The van der Waals surface area contributed by atoms with E-state index in [1.165, 1.54) is 5.56 Å². The average Bonchev–Trinajstić information content (AvgIpc) is 2.61. The van der Waals surface area contributed by atoms with Crippen LogP contribution in [-0.4, -0.2) is 25.5 Å². The Kier molecular flexibility index (Phi) is 6.39. The summed E-state index contributed by atoms with van der Waals surface area (Å²) in [6.07, 6.45) is 0. The van der Waals surface area contributed by atoms with E-state index in [2.05, 4.69) is 15.6 Å². The molecule has 0 aliphatic heterocycles. The number of aliphatic imine (C=N–C) groups is 1. The molecule has 2 aromatic rings. The van der Waals surface area contributed by atoms with Crippen LogP contribution < -0.4 is 21.1 Å². The summed E-state index contributed by atoms with van der Waals surface area (Å²) in [4.78, 5) is 15.9. The minimum atomic E-state index is -0.194. The number of ether oxygens (including phenoxy) is 1. The molecular weight excluding hydrogens is 316 g/mol. The van der Waals surface area contributed by atoms with E-state index in [-0.39, 0.29) is 18.4 Å². The normalized spacial score (nSPS) is 11.1. The van der Waals surface area contributed by atoms with Gasteiger partial charge < -0.3 is 21.1 Å². The molecule has 2 aromatic carbocycles. The molecule has 0 fully saturated rings. The molecule has 25 heavy (non-hydrogen) atoms. The van der Waals surface area contributed by atoms with E-state index in [1.807, 2.05) is 56.3 Å². The van der Waals surface area contributed by atoms with Gasteiger partial charge in [0.1, 0.15) is 12.3 Å². The van der Waals surface area contributed by atoms with E-state index in [0.717, 1.165) is 22.6 Å². The van der Waals surface area contributed by atoms with Crippen molar-refractivity contribution < 1.29 is 9.53 Å². The van der Waals surface area contributed by atoms with Crippen molar-refractivity contribution in [2.45, 2.75) is 20.4 Å². The molecule has 6 nitrogen and oxygen atoms in total. The molecule has 0 saturated carbocycles. The Labute approximate surface area is 148 Å². The topological polar surface area (TPSA) is 88.7 Å². The molecule has 0 unspecified atom stereocenters. The number of carbonyl (C=O) groups is 1. The van der Waals surface area contributed by atoms with Gasteiger partial charge >= 0.3 is 0 Å². The number of hydrogen-bond donors (Lipinski definition) is 3. The Morgan fingerprint density at radius 2 is 1.84 bits per heavy atom. The van der Waals surface area contributed by atoms with Crippen molar-refractivity contribution in [3.63, 3.8) is 0 Å². The van der Waals surface area contributed by atoms with Gasteiger partial charge in [-0.3, -0.25) is 4.79 Å². The number of nitrogens with zero attached hydrogens (tertiary/aromatic N) is 1. The summed E-state index contributed by atoms with van der Waals surface area (Å²) in [6.45, 7) is 4.48. The van der Waals surface area contributed by atoms with Crippen LogP contribution in [0.5, 0.6) is 5.75 Å². The van der Waals surface area contributed by atoms with Crippen LogP contribution in [0.1, 0.15) is 16.7 Å². The number of aryl methyl sites for hydroxylation is 2. The van der Waals surface area contributed by atoms with Gasteiger partial charge in [-0.1, -0.05) is 18.2 Å². The molecular formula is C19H24N4O2. The number of nitrogens with one attached hydrogen (secondary N) is 2. The van der Waals surface area contributed by atoms with Crippen molar-refractivity contribution in [1.82, 2.24) is 5.32 Å². The summed E-state index contributed by atoms with van der Waals surface area (Å²) >= 11 is 0. The number of hydrogen-bond acceptors (Lipinski definition) is 3. The van der Waals surface area contributed by atoms with Crippen LogP contribution in [0.4, 0.5) is 5.69 Å². The van der Waals surface area contributed by atoms with Crippen molar-refractivity contribution in [2.24, 2.45) is 10.7 Å². The third kappa shape index (κ3) is 5.84. The molecule has 0 bridgehead atoms. The van der Waals surface area contributed by atoms with E-state index in [0.29, 0.717) is 6.54 Å². The molecule has 0 saturated heterocycles.